The number of aromatic nitrogens is 4. The van der Waals surface area contributed by atoms with E-state index in [2.05, 4.69) is 47.2 Å². The lowest BCUT2D eigenvalue weighted by molar-refractivity contribution is -0.127. The smallest absolute Gasteiger partial charge is 0.233 e. The number of nitrogens with zero attached hydrogens (tertiary/aromatic N) is 5. The maximum absolute atomic E-state index is 12.5. The van der Waals surface area contributed by atoms with Crippen molar-refractivity contribution in [1.29, 1.82) is 0 Å². The molecule has 0 fully saturated rings. The Labute approximate surface area is 170 Å². The van der Waals surface area contributed by atoms with Crippen molar-refractivity contribution in [2.24, 2.45) is 0 Å². The fraction of sp³-hybridized carbons (Fsp3) is 0.333. The van der Waals surface area contributed by atoms with Crippen LogP contribution in [0.4, 0.5) is 0 Å². The number of carbonyl (C=O) groups excluding carboxylic acids is 1. The molecule has 0 aliphatic carbocycles. The molecule has 0 saturated carbocycles. The van der Waals surface area contributed by atoms with E-state index in [1.165, 1.54) is 11.8 Å². The van der Waals surface area contributed by atoms with Crippen LogP contribution in [0.15, 0.2) is 47.8 Å². The lowest BCUT2D eigenvalue weighted by atomic mass is 10.1. The Morgan fingerprint density at radius 2 is 1.89 bits per heavy atom. The second-order valence-corrected chi connectivity index (χ2v) is 7.44. The number of hydrogen-bond donors (Lipinski definition) is 0. The summed E-state index contributed by atoms with van der Waals surface area (Å²) in [5.41, 5.74) is 4.01. The molecule has 0 N–H and O–H groups in total. The van der Waals surface area contributed by atoms with Gasteiger partial charge >= 0.3 is 0 Å². The lowest BCUT2D eigenvalue weighted by Crippen LogP contribution is -2.31. The van der Waals surface area contributed by atoms with Gasteiger partial charge in [0, 0.05) is 19.3 Å². The molecule has 2 heterocycles. The SMILES string of the molecule is CCN(CC)C(=O)CSc1nnc(-c2ccccn2)n1-c1cc(C)ccc1C. The van der Waals surface area contributed by atoms with E-state index in [-0.39, 0.29) is 5.91 Å². The average molecular weight is 396 g/mol. The predicted octanol–water partition coefficient (Wildman–Crippen LogP) is 3.91. The van der Waals surface area contributed by atoms with E-state index < -0.39 is 0 Å². The van der Waals surface area contributed by atoms with Crippen molar-refractivity contribution in [3.63, 3.8) is 0 Å². The first-order chi connectivity index (χ1) is 13.5. The number of pyridine rings is 1. The van der Waals surface area contributed by atoms with Gasteiger partial charge in [-0.2, -0.15) is 0 Å². The fourth-order valence-electron chi connectivity index (χ4n) is 3.00. The van der Waals surface area contributed by atoms with Gasteiger partial charge in [0.25, 0.3) is 0 Å². The molecular formula is C21H25N5OS. The summed E-state index contributed by atoms with van der Waals surface area (Å²) in [5, 5.41) is 9.48. The lowest BCUT2D eigenvalue weighted by Gasteiger charge is -2.18. The molecule has 0 saturated heterocycles. The number of rotatable bonds is 7. The largest absolute Gasteiger partial charge is 0.343 e. The second kappa shape index (κ2) is 9.01. The first-order valence-corrected chi connectivity index (χ1v) is 10.4. The minimum absolute atomic E-state index is 0.102. The van der Waals surface area contributed by atoms with Crippen molar-refractivity contribution in [3.8, 4) is 17.2 Å². The van der Waals surface area contributed by atoms with Gasteiger partial charge in [-0.3, -0.25) is 14.3 Å². The van der Waals surface area contributed by atoms with Gasteiger partial charge in [0.05, 0.1) is 11.4 Å². The van der Waals surface area contributed by atoms with Crippen molar-refractivity contribution in [2.45, 2.75) is 32.9 Å². The van der Waals surface area contributed by atoms with Crippen molar-refractivity contribution >= 4 is 17.7 Å². The Morgan fingerprint density at radius 3 is 2.57 bits per heavy atom. The predicted molar refractivity (Wildman–Crippen MR) is 113 cm³/mol. The van der Waals surface area contributed by atoms with Crippen molar-refractivity contribution in [3.05, 3.63) is 53.7 Å². The summed E-state index contributed by atoms with van der Waals surface area (Å²) in [4.78, 5) is 18.7. The average Bonchev–Trinajstić information content (AvgIpc) is 3.13. The van der Waals surface area contributed by atoms with Gasteiger partial charge in [0.2, 0.25) is 5.91 Å². The van der Waals surface area contributed by atoms with Crippen LogP contribution >= 0.6 is 11.8 Å². The number of aryl methyl sites for hydroxylation is 2. The molecule has 0 aliphatic rings. The molecule has 0 unspecified atom stereocenters. The third kappa shape index (κ3) is 4.25. The highest BCUT2D eigenvalue weighted by molar-refractivity contribution is 7.99. The summed E-state index contributed by atoms with van der Waals surface area (Å²) in [6.07, 6.45) is 1.74. The molecule has 1 aromatic carbocycles. The number of thioether (sulfide) groups is 1. The first-order valence-electron chi connectivity index (χ1n) is 9.40. The van der Waals surface area contributed by atoms with Gasteiger partial charge in [-0.05, 0) is 57.0 Å². The topological polar surface area (TPSA) is 63.9 Å². The van der Waals surface area contributed by atoms with Gasteiger partial charge < -0.3 is 4.90 Å². The van der Waals surface area contributed by atoms with Crippen LogP contribution in [0.3, 0.4) is 0 Å². The molecule has 3 rings (SSSR count). The van der Waals surface area contributed by atoms with Crippen LogP contribution < -0.4 is 0 Å². The minimum Gasteiger partial charge on any atom is -0.343 e. The van der Waals surface area contributed by atoms with Crippen LogP contribution in [-0.4, -0.2) is 49.4 Å². The van der Waals surface area contributed by atoms with Gasteiger partial charge in [-0.15, -0.1) is 10.2 Å². The van der Waals surface area contributed by atoms with Crippen LogP contribution in [0.5, 0.6) is 0 Å². The molecule has 0 aliphatic heterocycles. The molecule has 146 valence electrons. The molecule has 28 heavy (non-hydrogen) atoms. The monoisotopic (exact) mass is 395 g/mol. The van der Waals surface area contributed by atoms with E-state index in [1.54, 1.807) is 6.20 Å². The van der Waals surface area contributed by atoms with Crippen LogP contribution in [0, 0.1) is 13.8 Å². The van der Waals surface area contributed by atoms with Crippen LogP contribution in [0.1, 0.15) is 25.0 Å². The number of carbonyl (C=O) groups is 1. The quantitative estimate of drug-likeness (QED) is 0.568. The first kappa shape index (κ1) is 20.1. The molecule has 0 bridgehead atoms. The molecule has 6 nitrogen and oxygen atoms in total. The second-order valence-electron chi connectivity index (χ2n) is 6.50. The Kier molecular flexibility index (Phi) is 6.46. The molecule has 0 atom stereocenters. The summed E-state index contributed by atoms with van der Waals surface area (Å²) in [6.45, 7) is 9.52. The summed E-state index contributed by atoms with van der Waals surface area (Å²) in [7, 11) is 0. The van der Waals surface area contributed by atoms with Gasteiger partial charge in [0.1, 0.15) is 5.69 Å². The van der Waals surface area contributed by atoms with Gasteiger partial charge in [0.15, 0.2) is 11.0 Å². The van der Waals surface area contributed by atoms with Crippen LogP contribution in [0.25, 0.3) is 17.2 Å². The molecule has 1 amide bonds. The third-order valence-corrected chi connectivity index (χ3v) is 5.49. The third-order valence-electron chi connectivity index (χ3n) is 4.57. The Bertz CT molecular complexity index is 951. The van der Waals surface area contributed by atoms with E-state index in [4.69, 9.17) is 0 Å². The molecule has 0 radical (unpaired) electrons. The Hall–Kier alpha value is -2.67. The summed E-state index contributed by atoms with van der Waals surface area (Å²) in [6, 6.07) is 12.0. The molecular weight excluding hydrogens is 370 g/mol. The van der Waals surface area contributed by atoms with E-state index >= 15 is 0 Å². The summed E-state index contributed by atoms with van der Waals surface area (Å²) < 4.78 is 2.00. The van der Waals surface area contributed by atoms with Crippen molar-refractivity contribution in [1.82, 2.24) is 24.6 Å². The highest BCUT2D eigenvalue weighted by atomic mass is 32.2. The summed E-state index contributed by atoms with van der Waals surface area (Å²) >= 11 is 1.41. The highest BCUT2D eigenvalue weighted by Crippen LogP contribution is 2.29. The van der Waals surface area contributed by atoms with Crippen molar-refractivity contribution < 1.29 is 4.79 Å². The van der Waals surface area contributed by atoms with E-state index in [0.717, 1.165) is 22.5 Å². The van der Waals surface area contributed by atoms with E-state index in [9.17, 15) is 4.79 Å². The molecule has 3 aromatic rings. The summed E-state index contributed by atoms with van der Waals surface area (Å²) in [5.74, 6) is 1.10. The maximum atomic E-state index is 12.5. The molecule has 7 heteroatoms. The number of benzene rings is 1. The maximum Gasteiger partial charge on any atom is 0.233 e. The normalized spacial score (nSPS) is 10.9. The number of amides is 1. The standard InChI is InChI=1S/C21H25N5OS/c1-5-25(6-2)19(27)14-28-21-24-23-20(17-9-7-8-12-22-17)26(21)18-13-15(3)10-11-16(18)4/h7-13H,5-6,14H2,1-4H3. The fourth-order valence-corrected chi connectivity index (χ4v) is 3.84. The zero-order valence-electron chi connectivity index (χ0n) is 16.7. The van der Waals surface area contributed by atoms with Gasteiger partial charge in [-0.25, -0.2) is 0 Å². The molecule has 0 spiro atoms. The van der Waals surface area contributed by atoms with Crippen LogP contribution in [-0.2, 0) is 4.79 Å². The number of hydrogen-bond acceptors (Lipinski definition) is 5. The van der Waals surface area contributed by atoms with Crippen LogP contribution in [0.2, 0.25) is 0 Å². The minimum atomic E-state index is 0.102. The van der Waals surface area contributed by atoms with Gasteiger partial charge in [-0.1, -0.05) is 30.0 Å². The van der Waals surface area contributed by atoms with E-state index in [0.29, 0.717) is 29.8 Å². The molecule has 2 aromatic heterocycles. The Morgan fingerprint density at radius 1 is 1.11 bits per heavy atom. The highest BCUT2D eigenvalue weighted by Gasteiger charge is 2.20. The van der Waals surface area contributed by atoms with E-state index in [1.807, 2.05) is 41.5 Å². The van der Waals surface area contributed by atoms with Crippen molar-refractivity contribution in [2.75, 3.05) is 18.8 Å². The Balaban J connectivity index is 2.03. The zero-order valence-corrected chi connectivity index (χ0v) is 17.5. The zero-order chi connectivity index (χ0) is 20.1.